The number of rotatable bonds is 5. The van der Waals surface area contributed by atoms with Crippen molar-refractivity contribution in [3.05, 3.63) is 23.8 Å². The van der Waals surface area contributed by atoms with E-state index in [4.69, 9.17) is 9.47 Å². The maximum absolute atomic E-state index is 5.73. The van der Waals surface area contributed by atoms with Crippen LogP contribution in [0.25, 0.3) is 0 Å². The van der Waals surface area contributed by atoms with Crippen LogP contribution in [0.15, 0.2) is 18.2 Å². The molecule has 0 radical (unpaired) electrons. The Morgan fingerprint density at radius 1 is 1.28 bits per heavy atom. The Balaban J connectivity index is 2.15. The summed E-state index contributed by atoms with van der Waals surface area (Å²) >= 11 is 1.88. The Bertz CT molecular complexity index is 384. The van der Waals surface area contributed by atoms with Gasteiger partial charge in [-0.05, 0) is 43.2 Å². The first-order chi connectivity index (χ1) is 8.85. The van der Waals surface area contributed by atoms with Crippen LogP contribution in [-0.2, 0) is 0 Å². The van der Waals surface area contributed by atoms with Crippen molar-refractivity contribution in [3.8, 4) is 11.5 Å². The molecule has 4 heteroatoms. The van der Waals surface area contributed by atoms with Crippen LogP contribution in [0.5, 0.6) is 11.5 Å². The second-order valence-electron chi connectivity index (χ2n) is 4.38. The molecule has 18 heavy (non-hydrogen) atoms. The van der Waals surface area contributed by atoms with Crippen molar-refractivity contribution in [2.24, 2.45) is 0 Å². The summed E-state index contributed by atoms with van der Waals surface area (Å²) in [6.07, 6.45) is 4.21. The van der Waals surface area contributed by atoms with E-state index >= 15 is 0 Å². The van der Waals surface area contributed by atoms with Gasteiger partial charge >= 0.3 is 0 Å². The third-order valence-corrected chi connectivity index (χ3v) is 3.78. The minimum atomic E-state index is 0.384. The van der Waals surface area contributed by atoms with Crippen LogP contribution >= 0.6 is 11.8 Å². The van der Waals surface area contributed by atoms with Crippen LogP contribution in [0.2, 0.25) is 0 Å². The molecule has 1 aliphatic heterocycles. The number of hydrogen-bond donors (Lipinski definition) is 1. The molecule has 1 unspecified atom stereocenters. The van der Waals surface area contributed by atoms with Crippen LogP contribution in [0.1, 0.15) is 24.4 Å². The highest BCUT2D eigenvalue weighted by atomic mass is 32.2. The lowest BCUT2D eigenvalue weighted by atomic mass is 10.0. The Labute approximate surface area is 113 Å². The molecule has 0 spiro atoms. The van der Waals surface area contributed by atoms with Crippen molar-refractivity contribution >= 4 is 11.8 Å². The van der Waals surface area contributed by atoms with Gasteiger partial charge in [-0.1, -0.05) is 6.07 Å². The lowest BCUT2D eigenvalue weighted by Crippen LogP contribution is -2.17. The molecule has 0 aromatic heterocycles. The average Bonchev–Trinajstić information content (AvgIpc) is 2.64. The van der Waals surface area contributed by atoms with Gasteiger partial charge in [-0.3, -0.25) is 0 Å². The van der Waals surface area contributed by atoms with Gasteiger partial charge < -0.3 is 14.8 Å². The molecule has 3 nitrogen and oxygen atoms in total. The van der Waals surface area contributed by atoms with E-state index in [1.807, 2.05) is 24.9 Å². The molecule has 0 fully saturated rings. The molecule has 1 aromatic rings. The van der Waals surface area contributed by atoms with Crippen molar-refractivity contribution < 1.29 is 9.47 Å². The molecule has 1 N–H and O–H groups in total. The summed E-state index contributed by atoms with van der Waals surface area (Å²) < 4.78 is 11.4. The molecule has 0 saturated carbocycles. The highest BCUT2D eigenvalue weighted by Crippen LogP contribution is 2.33. The second kappa shape index (κ2) is 6.90. The molecule has 1 atom stereocenters. The maximum Gasteiger partial charge on any atom is 0.161 e. The summed E-state index contributed by atoms with van der Waals surface area (Å²) in [7, 11) is 2.01. The standard InChI is InChI=1S/C14H21NO2S/c1-15-12(6-9-18-2)11-4-5-13-14(10-11)17-8-3-7-16-13/h4-5,10,12,15H,3,6-9H2,1-2H3. The second-order valence-corrected chi connectivity index (χ2v) is 5.36. The quantitative estimate of drug-likeness (QED) is 0.888. The predicted molar refractivity (Wildman–Crippen MR) is 76.8 cm³/mol. The number of hydrogen-bond acceptors (Lipinski definition) is 4. The zero-order valence-electron chi connectivity index (χ0n) is 11.1. The highest BCUT2D eigenvalue weighted by Gasteiger charge is 2.14. The fourth-order valence-corrected chi connectivity index (χ4v) is 2.58. The summed E-state index contributed by atoms with van der Waals surface area (Å²) in [6, 6.07) is 6.66. The van der Waals surface area contributed by atoms with Crippen LogP contribution in [0.4, 0.5) is 0 Å². The van der Waals surface area contributed by atoms with Crippen LogP contribution in [0.3, 0.4) is 0 Å². The average molecular weight is 267 g/mol. The van der Waals surface area contributed by atoms with Crippen LogP contribution in [-0.4, -0.2) is 32.3 Å². The molecular weight excluding hydrogens is 246 g/mol. The smallest absolute Gasteiger partial charge is 0.161 e. The highest BCUT2D eigenvalue weighted by molar-refractivity contribution is 7.98. The third-order valence-electron chi connectivity index (χ3n) is 3.13. The number of thioether (sulfide) groups is 1. The Hall–Kier alpha value is -0.870. The Morgan fingerprint density at radius 2 is 2.06 bits per heavy atom. The first-order valence-corrected chi connectivity index (χ1v) is 7.80. The van der Waals surface area contributed by atoms with Crippen LogP contribution in [0, 0.1) is 0 Å². The SMILES string of the molecule is CNC(CCSC)c1ccc2c(c1)OCCCO2. The van der Waals surface area contributed by atoms with E-state index in [-0.39, 0.29) is 0 Å². The molecule has 1 aromatic carbocycles. The molecule has 0 aliphatic carbocycles. The van der Waals surface area contributed by atoms with Crippen molar-refractivity contribution in [1.29, 1.82) is 0 Å². The Morgan fingerprint density at radius 3 is 2.78 bits per heavy atom. The molecule has 2 rings (SSSR count). The lowest BCUT2D eigenvalue weighted by Gasteiger charge is -2.18. The predicted octanol–water partition coefficient (Wildman–Crippen LogP) is 2.86. The molecule has 1 heterocycles. The third kappa shape index (κ3) is 3.33. The molecule has 100 valence electrons. The van der Waals surface area contributed by atoms with E-state index in [1.54, 1.807) is 0 Å². The van der Waals surface area contributed by atoms with Gasteiger partial charge in [-0.25, -0.2) is 0 Å². The Kier molecular flexibility index (Phi) is 5.20. The first-order valence-electron chi connectivity index (χ1n) is 6.41. The minimum Gasteiger partial charge on any atom is -0.490 e. The van der Waals surface area contributed by atoms with E-state index < -0.39 is 0 Å². The number of nitrogens with one attached hydrogen (secondary N) is 1. The van der Waals surface area contributed by atoms with E-state index in [1.165, 1.54) is 5.56 Å². The zero-order chi connectivity index (χ0) is 12.8. The monoisotopic (exact) mass is 267 g/mol. The summed E-state index contributed by atoms with van der Waals surface area (Å²) in [5.74, 6) is 2.91. The van der Waals surface area contributed by atoms with E-state index in [2.05, 4.69) is 23.7 Å². The van der Waals surface area contributed by atoms with Gasteiger partial charge in [0.2, 0.25) is 0 Å². The largest absolute Gasteiger partial charge is 0.490 e. The molecular formula is C14H21NO2S. The maximum atomic E-state index is 5.73. The molecule has 1 aliphatic rings. The van der Waals surface area contributed by atoms with Gasteiger partial charge in [0.15, 0.2) is 11.5 Å². The summed E-state index contributed by atoms with van der Waals surface area (Å²) in [5.41, 5.74) is 1.27. The minimum absolute atomic E-state index is 0.384. The van der Waals surface area contributed by atoms with E-state index in [9.17, 15) is 0 Å². The van der Waals surface area contributed by atoms with Gasteiger partial charge in [0.05, 0.1) is 13.2 Å². The van der Waals surface area contributed by atoms with Crippen molar-refractivity contribution in [2.75, 3.05) is 32.3 Å². The van der Waals surface area contributed by atoms with Crippen molar-refractivity contribution in [2.45, 2.75) is 18.9 Å². The van der Waals surface area contributed by atoms with Gasteiger partial charge in [0.25, 0.3) is 0 Å². The number of benzene rings is 1. The van der Waals surface area contributed by atoms with Gasteiger partial charge in [0.1, 0.15) is 0 Å². The summed E-state index contributed by atoms with van der Waals surface area (Å²) in [6.45, 7) is 1.49. The fraction of sp³-hybridized carbons (Fsp3) is 0.571. The van der Waals surface area contributed by atoms with Gasteiger partial charge in [0, 0.05) is 12.5 Å². The van der Waals surface area contributed by atoms with E-state index in [0.29, 0.717) is 6.04 Å². The topological polar surface area (TPSA) is 30.5 Å². The van der Waals surface area contributed by atoms with Crippen molar-refractivity contribution in [1.82, 2.24) is 5.32 Å². The lowest BCUT2D eigenvalue weighted by molar-refractivity contribution is 0.297. The number of fused-ring (bicyclic) bond motifs is 1. The zero-order valence-corrected chi connectivity index (χ0v) is 11.9. The fourth-order valence-electron chi connectivity index (χ4n) is 2.11. The summed E-state index contributed by atoms with van der Waals surface area (Å²) in [4.78, 5) is 0. The molecule has 0 amide bonds. The van der Waals surface area contributed by atoms with Gasteiger partial charge in [-0.2, -0.15) is 11.8 Å². The van der Waals surface area contributed by atoms with Gasteiger partial charge in [-0.15, -0.1) is 0 Å². The summed E-state index contributed by atoms with van der Waals surface area (Å²) in [5, 5.41) is 3.37. The first kappa shape index (κ1) is 13.6. The molecule has 0 bridgehead atoms. The van der Waals surface area contributed by atoms with Crippen molar-refractivity contribution in [3.63, 3.8) is 0 Å². The number of ether oxygens (including phenoxy) is 2. The van der Waals surface area contributed by atoms with E-state index in [0.717, 1.165) is 43.3 Å². The van der Waals surface area contributed by atoms with Crippen LogP contribution < -0.4 is 14.8 Å². The molecule has 0 saturated heterocycles. The normalized spacial score (nSPS) is 16.1.